The molecule has 25 heavy (non-hydrogen) atoms. The number of nitrogens with one attached hydrogen (secondary N) is 1. The molecule has 2 rings (SSSR count). The Bertz CT molecular complexity index is 724. The summed E-state index contributed by atoms with van der Waals surface area (Å²) in [4.78, 5) is 49.5. The minimum Gasteiger partial charge on any atom is -0.451 e. The van der Waals surface area contributed by atoms with E-state index >= 15 is 0 Å². The van der Waals surface area contributed by atoms with Gasteiger partial charge >= 0.3 is 5.97 Å². The van der Waals surface area contributed by atoms with E-state index in [1.54, 1.807) is 6.92 Å². The van der Waals surface area contributed by atoms with Crippen molar-refractivity contribution in [3.05, 3.63) is 33.3 Å². The molecule has 0 unspecified atom stereocenters. The highest BCUT2D eigenvalue weighted by molar-refractivity contribution is 6.43. The van der Waals surface area contributed by atoms with E-state index in [2.05, 4.69) is 5.32 Å². The number of fused-ring (bicyclic) bond motifs is 1. The van der Waals surface area contributed by atoms with Crippen LogP contribution in [0.2, 0.25) is 10.0 Å². The second kappa shape index (κ2) is 7.41. The van der Waals surface area contributed by atoms with Gasteiger partial charge in [-0.25, -0.2) is 4.79 Å². The van der Waals surface area contributed by atoms with Crippen LogP contribution < -0.4 is 5.32 Å². The first kappa shape index (κ1) is 19.2. The van der Waals surface area contributed by atoms with E-state index in [0.29, 0.717) is 6.54 Å². The Hall–Kier alpha value is -2.12. The Labute approximate surface area is 154 Å². The van der Waals surface area contributed by atoms with Crippen LogP contribution in [0.4, 0.5) is 0 Å². The summed E-state index contributed by atoms with van der Waals surface area (Å²) < 4.78 is 5.03. The van der Waals surface area contributed by atoms with Gasteiger partial charge in [0.15, 0.2) is 6.10 Å². The van der Waals surface area contributed by atoms with Crippen LogP contribution in [0.25, 0.3) is 0 Å². The number of carbonyl (C=O) groups is 4. The van der Waals surface area contributed by atoms with Crippen LogP contribution in [0.1, 0.15) is 41.5 Å². The van der Waals surface area contributed by atoms with Crippen LogP contribution in [0.3, 0.4) is 0 Å². The normalized spacial score (nSPS) is 15.6. The van der Waals surface area contributed by atoms with Crippen molar-refractivity contribution in [3.63, 3.8) is 0 Å². The Kier molecular flexibility index (Phi) is 5.69. The quantitative estimate of drug-likeness (QED) is 0.617. The summed E-state index contributed by atoms with van der Waals surface area (Å²) in [5, 5.41) is 2.77. The number of nitrogens with zero attached hydrogens (tertiary/aromatic N) is 1. The zero-order chi connectivity index (χ0) is 18.9. The number of hydrogen-bond acceptors (Lipinski definition) is 5. The van der Waals surface area contributed by atoms with Gasteiger partial charge in [-0.3, -0.25) is 19.3 Å². The van der Waals surface area contributed by atoms with Gasteiger partial charge in [0.05, 0.1) is 21.2 Å². The van der Waals surface area contributed by atoms with E-state index in [4.69, 9.17) is 27.9 Å². The van der Waals surface area contributed by atoms with Crippen molar-refractivity contribution < 1.29 is 23.9 Å². The van der Waals surface area contributed by atoms with Gasteiger partial charge in [0.25, 0.3) is 17.7 Å². The smallest absolute Gasteiger partial charge is 0.329 e. The molecule has 0 aromatic heterocycles. The number of halogens is 2. The maximum Gasteiger partial charge on any atom is 0.329 e. The number of carbonyl (C=O) groups excluding carboxylic acids is 4. The van der Waals surface area contributed by atoms with E-state index in [9.17, 15) is 19.2 Å². The molecule has 1 N–H and O–H groups in total. The van der Waals surface area contributed by atoms with Gasteiger partial charge in [0.2, 0.25) is 0 Å². The number of imide groups is 1. The van der Waals surface area contributed by atoms with Crippen LogP contribution in [-0.4, -0.2) is 47.3 Å². The molecule has 7 nitrogen and oxygen atoms in total. The molecule has 0 bridgehead atoms. The first-order chi connectivity index (χ1) is 11.7. The number of ether oxygens (including phenoxy) is 1. The van der Waals surface area contributed by atoms with Gasteiger partial charge in [-0.15, -0.1) is 0 Å². The molecule has 2 atom stereocenters. The summed E-state index contributed by atoms with van der Waals surface area (Å²) in [6, 6.07) is 1.37. The second-order valence-electron chi connectivity index (χ2n) is 5.44. The number of rotatable bonds is 5. The third kappa shape index (κ3) is 3.62. The molecular weight excluding hydrogens is 371 g/mol. The van der Waals surface area contributed by atoms with Crippen LogP contribution in [0, 0.1) is 0 Å². The lowest BCUT2D eigenvalue weighted by molar-refractivity contribution is -0.158. The SMILES string of the molecule is CCNC(=O)[C@@H](C)OC(=O)[C@H](C)N1C(=O)c2cc(Cl)c(Cl)cc2C1=O. The fourth-order valence-corrected chi connectivity index (χ4v) is 2.68. The standard InChI is InChI=1S/C16H16Cl2N2O5/c1-4-19-13(21)8(3)25-16(24)7(2)20-14(22)9-5-11(17)12(18)6-10(9)15(20)23/h5-8H,4H2,1-3H3,(H,19,21)/t7-,8+/m0/s1. The lowest BCUT2D eigenvalue weighted by atomic mass is 10.1. The van der Waals surface area contributed by atoms with Crippen molar-refractivity contribution in [2.24, 2.45) is 0 Å². The highest BCUT2D eigenvalue weighted by Crippen LogP contribution is 2.32. The zero-order valence-corrected chi connectivity index (χ0v) is 15.3. The largest absolute Gasteiger partial charge is 0.451 e. The van der Waals surface area contributed by atoms with Gasteiger partial charge in [-0.2, -0.15) is 0 Å². The van der Waals surface area contributed by atoms with Gasteiger partial charge in [-0.1, -0.05) is 23.2 Å². The molecule has 1 heterocycles. The summed E-state index contributed by atoms with van der Waals surface area (Å²) in [5.74, 6) is -2.68. The van der Waals surface area contributed by atoms with Crippen molar-refractivity contribution in [2.45, 2.75) is 32.9 Å². The van der Waals surface area contributed by atoms with E-state index < -0.39 is 35.8 Å². The third-order valence-electron chi connectivity index (χ3n) is 3.70. The second-order valence-corrected chi connectivity index (χ2v) is 6.26. The number of likely N-dealkylation sites (N-methyl/N-ethyl adjacent to an activating group) is 1. The van der Waals surface area contributed by atoms with E-state index in [-0.39, 0.29) is 21.2 Å². The predicted octanol–water partition coefficient (Wildman–Crippen LogP) is 2.05. The first-order valence-electron chi connectivity index (χ1n) is 7.54. The predicted molar refractivity (Wildman–Crippen MR) is 90.7 cm³/mol. The average molecular weight is 387 g/mol. The molecular formula is C16H16Cl2N2O5. The number of esters is 1. The van der Waals surface area contributed by atoms with Crippen molar-refractivity contribution in [2.75, 3.05) is 6.54 Å². The molecule has 0 radical (unpaired) electrons. The maximum absolute atomic E-state index is 12.5. The molecule has 1 aliphatic rings. The molecule has 0 saturated heterocycles. The lowest BCUT2D eigenvalue weighted by Crippen LogP contribution is -2.46. The first-order valence-corrected chi connectivity index (χ1v) is 8.29. The van der Waals surface area contributed by atoms with Gasteiger partial charge < -0.3 is 10.1 Å². The van der Waals surface area contributed by atoms with E-state index in [1.807, 2.05) is 0 Å². The summed E-state index contributed by atoms with van der Waals surface area (Å²) in [5.41, 5.74) is 0.131. The Balaban J connectivity index is 2.19. The van der Waals surface area contributed by atoms with Crippen molar-refractivity contribution in [3.8, 4) is 0 Å². The molecule has 3 amide bonds. The molecule has 0 spiro atoms. The molecule has 134 valence electrons. The van der Waals surface area contributed by atoms with Crippen LogP contribution >= 0.6 is 23.2 Å². The molecule has 1 aromatic rings. The fourth-order valence-electron chi connectivity index (χ4n) is 2.35. The Morgan fingerprint density at radius 3 is 2.04 bits per heavy atom. The number of hydrogen-bond donors (Lipinski definition) is 1. The minimum absolute atomic E-state index is 0.0656. The monoisotopic (exact) mass is 386 g/mol. The maximum atomic E-state index is 12.5. The topological polar surface area (TPSA) is 92.8 Å². The lowest BCUT2D eigenvalue weighted by Gasteiger charge is -2.22. The van der Waals surface area contributed by atoms with Gasteiger partial charge in [-0.05, 0) is 32.9 Å². The van der Waals surface area contributed by atoms with E-state index in [0.717, 1.165) is 4.90 Å². The molecule has 0 fully saturated rings. The molecule has 0 aliphatic carbocycles. The fraction of sp³-hybridized carbons (Fsp3) is 0.375. The molecule has 1 aliphatic heterocycles. The van der Waals surface area contributed by atoms with Crippen LogP contribution in [-0.2, 0) is 14.3 Å². The van der Waals surface area contributed by atoms with Crippen molar-refractivity contribution in [1.82, 2.24) is 10.2 Å². The number of benzene rings is 1. The summed E-state index contributed by atoms with van der Waals surface area (Å²) in [6.07, 6.45) is -1.05. The summed E-state index contributed by atoms with van der Waals surface area (Å²) in [7, 11) is 0. The highest BCUT2D eigenvalue weighted by atomic mass is 35.5. The Morgan fingerprint density at radius 1 is 1.12 bits per heavy atom. The van der Waals surface area contributed by atoms with Gasteiger partial charge in [0.1, 0.15) is 6.04 Å². The third-order valence-corrected chi connectivity index (χ3v) is 4.42. The highest BCUT2D eigenvalue weighted by Gasteiger charge is 2.42. The minimum atomic E-state index is -1.21. The molecule has 9 heteroatoms. The van der Waals surface area contributed by atoms with Crippen LogP contribution in [0.15, 0.2) is 12.1 Å². The van der Waals surface area contributed by atoms with E-state index in [1.165, 1.54) is 26.0 Å². The van der Waals surface area contributed by atoms with Crippen LogP contribution in [0.5, 0.6) is 0 Å². The Morgan fingerprint density at radius 2 is 1.60 bits per heavy atom. The molecule has 1 aromatic carbocycles. The number of amides is 3. The average Bonchev–Trinajstić information content (AvgIpc) is 2.78. The van der Waals surface area contributed by atoms with Crippen molar-refractivity contribution in [1.29, 1.82) is 0 Å². The summed E-state index contributed by atoms with van der Waals surface area (Å²) >= 11 is 11.8. The zero-order valence-electron chi connectivity index (χ0n) is 13.8. The van der Waals surface area contributed by atoms with Gasteiger partial charge in [0, 0.05) is 6.54 Å². The summed E-state index contributed by atoms with van der Waals surface area (Å²) in [6.45, 7) is 4.86. The molecule has 0 saturated carbocycles. The van der Waals surface area contributed by atoms with Crippen molar-refractivity contribution >= 4 is 46.9 Å².